The number of nitrogens with one attached hydrogen (secondary N) is 2. The highest BCUT2D eigenvalue weighted by Crippen LogP contribution is 2.32. The van der Waals surface area contributed by atoms with Crippen molar-refractivity contribution < 1.29 is 14.0 Å². The molecule has 0 radical (unpaired) electrons. The Morgan fingerprint density at radius 1 is 1.04 bits per heavy atom. The standard InChI is InChI=1S/C21H19N3O3/c1-14-5-2-3-6-17(14)23-21(26)22-16-9-8-15-10-11-24(18(15)13-16)20(25)19-7-4-12-27-19/h2-9,12-13H,10-11H2,1H3,(H2,22,23,26). The zero-order chi connectivity index (χ0) is 18.8. The van der Waals surface area contributed by atoms with Gasteiger partial charge in [0.1, 0.15) is 0 Å². The van der Waals surface area contributed by atoms with Gasteiger partial charge in [0.15, 0.2) is 5.76 Å². The first kappa shape index (κ1) is 16.9. The summed E-state index contributed by atoms with van der Waals surface area (Å²) in [7, 11) is 0. The predicted molar refractivity (Wildman–Crippen MR) is 104 cm³/mol. The maximum Gasteiger partial charge on any atom is 0.323 e. The SMILES string of the molecule is Cc1ccccc1NC(=O)Nc1ccc2c(c1)N(C(=O)c1ccco1)CC2. The first-order chi connectivity index (χ1) is 13.1. The van der Waals surface area contributed by atoms with Gasteiger partial charge in [-0.3, -0.25) is 4.79 Å². The van der Waals surface area contributed by atoms with Crippen LogP contribution in [0.3, 0.4) is 0 Å². The number of urea groups is 1. The number of hydrogen-bond acceptors (Lipinski definition) is 3. The number of carbonyl (C=O) groups excluding carboxylic acids is 2. The van der Waals surface area contributed by atoms with Crippen LogP contribution < -0.4 is 15.5 Å². The van der Waals surface area contributed by atoms with E-state index in [1.165, 1.54) is 6.26 Å². The Hall–Kier alpha value is -3.54. The number of amides is 3. The van der Waals surface area contributed by atoms with E-state index in [1.807, 2.05) is 49.4 Å². The molecule has 0 atom stereocenters. The Bertz CT molecular complexity index is 996. The minimum absolute atomic E-state index is 0.180. The molecule has 136 valence electrons. The summed E-state index contributed by atoms with van der Waals surface area (Å²) in [5.74, 6) is 0.124. The van der Waals surface area contributed by atoms with Crippen LogP contribution in [-0.2, 0) is 6.42 Å². The van der Waals surface area contributed by atoms with Crippen molar-refractivity contribution >= 4 is 29.0 Å². The number of hydrogen-bond donors (Lipinski definition) is 2. The molecule has 0 saturated carbocycles. The molecular weight excluding hydrogens is 342 g/mol. The number of benzene rings is 2. The third-order valence-electron chi connectivity index (χ3n) is 4.61. The molecule has 2 aromatic carbocycles. The Morgan fingerprint density at radius 2 is 1.89 bits per heavy atom. The number of aryl methyl sites for hydroxylation is 1. The molecule has 0 fully saturated rings. The molecule has 4 rings (SSSR count). The molecule has 2 N–H and O–H groups in total. The smallest absolute Gasteiger partial charge is 0.323 e. The van der Waals surface area contributed by atoms with Crippen LogP contribution in [0.15, 0.2) is 65.3 Å². The van der Waals surface area contributed by atoms with Crippen LogP contribution in [-0.4, -0.2) is 18.5 Å². The highest BCUT2D eigenvalue weighted by molar-refractivity contribution is 6.06. The highest BCUT2D eigenvalue weighted by atomic mass is 16.3. The van der Waals surface area contributed by atoms with Gasteiger partial charge in [0, 0.05) is 23.6 Å². The van der Waals surface area contributed by atoms with E-state index in [1.54, 1.807) is 17.0 Å². The van der Waals surface area contributed by atoms with Gasteiger partial charge in [-0.15, -0.1) is 0 Å². The van der Waals surface area contributed by atoms with Crippen molar-refractivity contribution in [2.75, 3.05) is 22.1 Å². The van der Waals surface area contributed by atoms with Gasteiger partial charge in [0.05, 0.1) is 6.26 Å². The molecule has 6 heteroatoms. The molecule has 0 aliphatic carbocycles. The molecule has 3 amide bonds. The lowest BCUT2D eigenvalue weighted by Crippen LogP contribution is -2.28. The second kappa shape index (κ2) is 6.99. The molecule has 6 nitrogen and oxygen atoms in total. The lowest BCUT2D eigenvalue weighted by Gasteiger charge is -2.17. The lowest BCUT2D eigenvalue weighted by molar-refractivity contribution is 0.0963. The number of nitrogens with zero attached hydrogens (tertiary/aromatic N) is 1. The van der Waals surface area contributed by atoms with Crippen molar-refractivity contribution in [3.05, 3.63) is 77.7 Å². The van der Waals surface area contributed by atoms with Gasteiger partial charge < -0.3 is 20.0 Å². The van der Waals surface area contributed by atoms with Crippen molar-refractivity contribution in [3.8, 4) is 0 Å². The summed E-state index contributed by atoms with van der Waals surface area (Å²) in [4.78, 5) is 26.6. The van der Waals surface area contributed by atoms with Crippen LogP contribution in [0.25, 0.3) is 0 Å². The number of fused-ring (bicyclic) bond motifs is 1. The zero-order valence-corrected chi connectivity index (χ0v) is 14.9. The van der Waals surface area contributed by atoms with E-state index in [-0.39, 0.29) is 11.9 Å². The Morgan fingerprint density at radius 3 is 2.67 bits per heavy atom. The first-order valence-corrected chi connectivity index (χ1v) is 8.74. The zero-order valence-electron chi connectivity index (χ0n) is 14.9. The van der Waals surface area contributed by atoms with E-state index in [0.29, 0.717) is 18.0 Å². The number of rotatable bonds is 3. The van der Waals surface area contributed by atoms with E-state index in [9.17, 15) is 9.59 Å². The summed E-state index contributed by atoms with van der Waals surface area (Å²) < 4.78 is 5.22. The number of carbonyl (C=O) groups is 2. The van der Waals surface area contributed by atoms with E-state index in [4.69, 9.17) is 4.42 Å². The van der Waals surface area contributed by atoms with E-state index in [0.717, 1.165) is 28.9 Å². The summed E-state index contributed by atoms with van der Waals surface area (Å²) >= 11 is 0. The Kier molecular flexibility index (Phi) is 4.38. The molecule has 1 aromatic heterocycles. The van der Waals surface area contributed by atoms with Gasteiger partial charge in [-0.2, -0.15) is 0 Å². The fraction of sp³-hybridized carbons (Fsp3) is 0.143. The van der Waals surface area contributed by atoms with Gasteiger partial charge in [0.25, 0.3) is 5.91 Å². The molecule has 27 heavy (non-hydrogen) atoms. The molecule has 0 saturated heterocycles. The van der Waals surface area contributed by atoms with Gasteiger partial charge >= 0.3 is 6.03 Å². The van der Waals surface area contributed by atoms with E-state index >= 15 is 0 Å². The Labute approximate surface area is 156 Å². The molecule has 0 spiro atoms. The molecule has 3 aromatic rings. The third kappa shape index (κ3) is 3.42. The molecule has 1 aliphatic heterocycles. The fourth-order valence-corrected chi connectivity index (χ4v) is 3.20. The second-order valence-electron chi connectivity index (χ2n) is 6.42. The van der Waals surface area contributed by atoms with Crippen molar-refractivity contribution in [2.24, 2.45) is 0 Å². The van der Waals surface area contributed by atoms with Gasteiger partial charge in [-0.1, -0.05) is 24.3 Å². The summed E-state index contributed by atoms with van der Waals surface area (Å²) in [5.41, 5.74) is 4.23. The van der Waals surface area contributed by atoms with Gasteiger partial charge in [0.2, 0.25) is 0 Å². The molecule has 0 unspecified atom stereocenters. The number of furan rings is 1. The van der Waals surface area contributed by atoms with Crippen LogP contribution in [0, 0.1) is 6.92 Å². The molecular formula is C21H19N3O3. The van der Waals surface area contributed by atoms with Crippen LogP contribution >= 0.6 is 0 Å². The number of anilines is 3. The largest absolute Gasteiger partial charge is 0.459 e. The summed E-state index contributed by atoms with van der Waals surface area (Å²) in [5, 5.41) is 5.67. The van der Waals surface area contributed by atoms with Crippen LogP contribution in [0.4, 0.5) is 21.9 Å². The molecule has 0 bridgehead atoms. The Balaban J connectivity index is 1.51. The van der Waals surface area contributed by atoms with Crippen LogP contribution in [0.5, 0.6) is 0 Å². The minimum Gasteiger partial charge on any atom is -0.459 e. The minimum atomic E-state index is -0.328. The number of para-hydroxylation sites is 1. The predicted octanol–water partition coefficient (Wildman–Crippen LogP) is 4.43. The monoisotopic (exact) mass is 361 g/mol. The van der Waals surface area contributed by atoms with Gasteiger partial charge in [-0.05, 0) is 54.8 Å². The maximum absolute atomic E-state index is 12.6. The normalized spacial score (nSPS) is 12.6. The first-order valence-electron chi connectivity index (χ1n) is 8.74. The van der Waals surface area contributed by atoms with E-state index < -0.39 is 0 Å². The van der Waals surface area contributed by atoms with Crippen molar-refractivity contribution in [2.45, 2.75) is 13.3 Å². The highest BCUT2D eigenvalue weighted by Gasteiger charge is 2.27. The lowest BCUT2D eigenvalue weighted by atomic mass is 10.1. The van der Waals surface area contributed by atoms with Crippen molar-refractivity contribution in [3.63, 3.8) is 0 Å². The van der Waals surface area contributed by atoms with Crippen molar-refractivity contribution in [1.29, 1.82) is 0 Å². The maximum atomic E-state index is 12.6. The van der Waals surface area contributed by atoms with E-state index in [2.05, 4.69) is 10.6 Å². The average Bonchev–Trinajstić information content (AvgIpc) is 3.32. The topological polar surface area (TPSA) is 74.6 Å². The molecule has 2 heterocycles. The van der Waals surface area contributed by atoms with Crippen LogP contribution in [0.1, 0.15) is 21.7 Å². The summed E-state index contributed by atoms with van der Waals surface area (Å²) in [6, 6.07) is 16.2. The summed E-state index contributed by atoms with van der Waals surface area (Å²) in [6.07, 6.45) is 2.26. The molecule has 1 aliphatic rings. The van der Waals surface area contributed by atoms with Crippen molar-refractivity contribution in [1.82, 2.24) is 0 Å². The second-order valence-corrected chi connectivity index (χ2v) is 6.42. The summed E-state index contributed by atoms with van der Waals surface area (Å²) in [6.45, 7) is 2.52. The average molecular weight is 361 g/mol. The third-order valence-corrected chi connectivity index (χ3v) is 4.61. The van der Waals surface area contributed by atoms with Crippen LogP contribution in [0.2, 0.25) is 0 Å². The quantitative estimate of drug-likeness (QED) is 0.724. The van der Waals surface area contributed by atoms with Gasteiger partial charge in [-0.25, -0.2) is 4.79 Å². The fourth-order valence-electron chi connectivity index (χ4n) is 3.20.